The van der Waals surface area contributed by atoms with Crippen molar-refractivity contribution in [1.82, 2.24) is 19.5 Å². The van der Waals surface area contributed by atoms with E-state index in [0.717, 1.165) is 12.8 Å². The van der Waals surface area contributed by atoms with Crippen LogP contribution in [0.4, 0.5) is 17.6 Å². The van der Waals surface area contributed by atoms with Crippen molar-refractivity contribution in [2.45, 2.75) is 50.7 Å². The van der Waals surface area contributed by atoms with Crippen LogP contribution in [-0.2, 0) is 19.1 Å². The number of halogens is 4. The van der Waals surface area contributed by atoms with Crippen LogP contribution in [0, 0.1) is 11.7 Å². The highest BCUT2D eigenvalue weighted by molar-refractivity contribution is 5.53. The van der Waals surface area contributed by atoms with Gasteiger partial charge in [-0.25, -0.2) is 4.39 Å². The number of methoxy groups -OCH3 is 1. The molecule has 3 aromatic rings. The van der Waals surface area contributed by atoms with Gasteiger partial charge in [0.05, 0.1) is 7.11 Å². The highest BCUT2D eigenvalue weighted by Gasteiger charge is 2.38. The van der Waals surface area contributed by atoms with E-state index >= 15 is 0 Å². The summed E-state index contributed by atoms with van der Waals surface area (Å²) < 4.78 is 63.5. The van der Waals surface area contributed by atoms with Crippen molar-refractivity contribution in [1.29, 1.82) is 0 Å². The Labute approximate surface area is 189 Å². The SMILES string of the molecule is COc1cccc(F)c1C1CCN(Cc2ccn3c(CC4CC4)nnc3c2C(F)(F)F)CC1. The summed E-state index contributed by atoms with van der Waals surface area (Å²) in [6.07, 6.45) is 1.27. The highest BCUT2D eigenvalue weighted by atomic mass is 19.4. The molecule has 1 saturated heterocycles. The topological polar surface area (TPSA) is 42.7 Å². The number of piperidine rings is 1. The van der Waals surface area contributed by atoms with Crippen molar-refractivity contribution in [3.8, 4) is 5.75 Å². The van der Waals surface area contributed by atoms with E-state index in [4.69, 9.17) is 4.74 Å². The minimum Gasteiger partial charge on any atom is -0.496 e. The minimum atomic E-state index is -4.53. The molecule has 176 valence electrons. The molecule has 1 aliphatic heterocycles. The first kappa shape index (κ1) is 22.1. The first-order chi connectivity index (χ1) is 15.8. The molecule has 33 heavy (non-hydrogen) atoms. The predicted molar refractivity (Wildman–Crippen MR) is 115 cm³/mol. The van der Waals surface area contributed by atoms with Gasteiger partial charge in [-0.3, -0.25) is 9.30 Å². The molecule has 0 atom stereocenters. The van der Waals surface area contributed by atoms with Crippen LogP contribution in [0.1, 0.15) is 54.1 Å². The zero-order valence-electron chi connectivity index (χ0n) is 18.4. The number of alkyl halides is 3. The normalized spacial score (nSPS) is 18.2. The largest absolute Gasteiger partial charge is 0.496 e. The third-order valence-electron chi connectivity index (χ3n) is 6.81. The summed E-state index contributed by atoms with van der Waals surface area (Å²) in [5.41, 5.74) is -0.0786. The Morgan fingerprint density at radius 1 is 1.06 bits per heavy atom. The summed E-state index contributed by atoms with van der Waals surface area (Å²) in [4.78, 5) is 1.99. The zero-order chi connectivity index (χ0) is 23.2. The van der Waals surface area contributed by atoms with Gasteiger partial charge in [-0.1, -0.05) is 6.07 Å². The van der Waals surface area contributed by atoms with Crippen molar-refractivity contribution < 1.29 is 22.3 Å². The van der Waals surface area contributed by atoms with Gasteiger partial charge in [0.25, 0.3) is 0 Å². The molecule has 0 bridgehead atoms. The second-order valence-corrected chi connectivity index (χ2v) is 9.08. The molecular formula is C24H26F4N4O. The van der Waals surface area contributed by atoms with Crippen LogP contribution in [0.3, 0.4) is 0 Å². The second-order valence-electron chi connectivity index (χ2n) is 9.08. The Kier molecular flexibility index (Phi) is 5.76. The maximum atomic E-state index is 14.4. The lowest BCUT2D eigenvalue weighted by Gasteiger charge is -2.33. The van der Waals surface area contributed by atoms with Crippen LogP contribution in [0.5, 0.6) is 5.75 Å². The number of aromatic nitrogens is 3. The van der Waals surface area contributed by atoms with Gasteiger partial charge in [-0.15, -0.1) is 10.2 Å². The lowest BCUT2D eigenvalue weighted by molar-refractivity contribution is -0.137. The van der Waals surface area contributed by atoms with E-state index in [0.29, 0.717) is 55.4 Å². The van der Waals surface area contributed by atoms with Gasteiger partial charge in [0, 0.05) is 24.7 Å². The average Bonchev–Trinajstić information content (AvgIpc) is 3.52. The summed E-state index contributed by atoms with van der Waals surface area (Å²) in [6, 6.07) is 6.32. The van der Waals surface area contributed by atoms with Crippen LogP contribution in [0.25, 0.3) is 5.65 Å². The van der Waals surface area contributed by atoms with E-state index in [-0.39, 0.29) is 29.5 Å². The number of fused-ring (bicyclic) bond motifs is 1. The van der Waals surface area contributed by atoms with Crippen molar-refractivity contribution >= 4 is 5.65 Å². The molecule has 5 nitrogen and oxygen atoms in total. The van der Waals surface area contributed by atoms with Gasteiger partial charge in [-0.2, -0.15) is 13.2 Å². The van der Waals surface area contributed by atoms with Crippen LogP contribution < -0.4 is 4.74 Å². The van der Waals surface area contributed by atoms with E-state index in [1.165, 1.54) is 17.6 Å². The molecule has 0 unspecified atom stereocenters. The minimum absolute atomic E-state index is 0.0246. The maximum absolute atomic E-state index is 14.4. The predicted octanol–water partition coefficient (Wildman–Crippen LogP) is 5.23. The molecule has 5 rings (SSSR count). The van der Waals surface area contributed by atoms with Crippen molar-refractivity contribution in [2.24, 2.45) is 5.92 Å². The molecule has 0 amide bonds. The lowest BCUT2D eigenvalue weighted by Crippen LogP contribution is -2.33. The fourth-order valence-corrected chi connectivity index (χ4v) is 4.91. The molecular weight excluding hydrogens is 436 g/mol. The van der Waals surface area contributed by atoms with E-state index < -0.39 is 11.7 Å². The molecule has 2 aromatic heterocycles. The summed E-state index contributed by atoms with van der Waals surface area (Å²) in [7, 11) is 1.52. The van der Waals surface area contributed by atoms with Gasteiger partial charge in [-0.05, 0) is 74.4 Å². The first-order valence-corrected chi connectivity index (χ1v) is 11.3. The van der Waals surface area contributed by atoms with Gasteiger partial charge in [0.1, 0.15) is 23.0 Å². The molecule has 9 heteroatoms. The van der Waals surface area contributed by atoms with Gasteiger partial charge in [0.15, 0.2) is 5.65 Å². The standard InChI is InChI=1S/C24H26F4N4O/c1-33-19-4-2-3-18(25)21(19)16-7-10-31(11-8-16)14-17-9-12-32-20(13-15-5-6-15)29-30-23(32)22(17)24(26,27)28/h2-4,9,12,15-16H,5-8,10-11,13-14H2,1H3. The Bertz CT molecular complexity index is 1150. The Morgan fingerprint density at radius 2 is 1.82 bits per heavy atom. The van der Waals surface area contributed by atoms with Crippen LogP contribution >= 0.6 is 0 Å². The lowest BCUT2D eigenvalue weighted by atomic mass is 9.88. The number of hydrogen-bond acceptors (Lipinski definition) is 4. The third-order valence-corrected chi connectivity index (χ3v) is 6.81. The number of hydrogen-bond donors (Lipinski definition) is 0. The van der Waals surface area contributed by atoms with Crippen LogP contribution in [-0.4, -0.2) is 39.7 Å². The van der Waals surface area contributed by atoms with E-state index in [1.54, 1.807) is 24.4 Å². The molecule has 3 heterocycles. The van der Waals surface area contributed by atoms with Gasteiger partial charge < -0.3 is 4.74 Å². The number of rotatable bonds is 6. The molecule has 0 radical (unpaired) electrons. The van der Waals surface area contributed by atoms with Crippen molar-refractivity contribution in [3.63, 3.8) is 0 Å². The summed E-state index contributed by atoms with van der Waals surface area (Å²) in [5.74, 6) is 1.28. The Hall–Kier alpha value is -2.68. The maximum Gasteiger partial charge on any atom is 0.420 e. The molecule has 2 aliphatic rings. The number of likely N-dealkylation sites (tertiary alicyclic amines) is 1. The van der Waals surface area contributed by atoms with Gasteiger partial charge >= 0.3 is 6.18 Å². The quantitative estimate of drug-likeness (QED) is 0.471. The number of benzene rings is 1. The number of nitrogens with zero attached hydrogens (tertiary/aromatic N) is 4. The second kappa shape index (κ2) is 8.59. The molecule has 1 aromatic carbocycles. The average molecular weight is 462 g/mol. The molecule has 1 aliphatic carbocycles. The monoisotopic (exact) mass is 462 g/mol. The first-order valence-electron chi connectivity index (χ1n) is 11.3. The fourth-order valence-electron chi connectivity index (χ4n) is 4.91. The summed E-state index contributed by atoms with van der Waals surface area (Å²) in [6.45, 7) is 1.31. The van der Waals surface area contributed by atoms with E-state index in [1.807, 2.05) is 4.90 Å². The summed E-state index contributed by atoms with van der Waals surface area (Å²) >= 11 is 0. The van der Waals surface area contributed by atoms with Gasteiger partial charge in [0.2, 0.25) is 0 Å². The van der Waals surface area contributed by atoms with E-state index in [2.05, 4.69) is 10.2 Å². The highest BCUT2D eigenvalue weighted by Crippen LogP contribution is 2.39. The van der Waals surface area contributed by atoms with Crippen LogP contribution in [0.2, 0.25) is 0 Å². The van der Waals surface area contributed by atoms with E-state index in [9.17, 15) is 17.6 Å². The van der Waals surface area contributed by atoms with Crippen LogP contribution in [0.15, 0.2) is 30.5 Å². The molecule has 0 N–H and O–H groups in total. The number of ether oxygens (including phenoxy) is 1. The fraction of sp³-hybridized carbons (Fsp3) is 0.500. The van der Waals surface area contributed by atoms with Crippen molar-refractivity contribution in [3.05, 3.63) is 58.8 Å². The molecule has 0 spiro atoms. The molecule has 1 saturated carbocycles. The molecule has 2 fully saturated rings. The van der Waals surface area contributed by atoms with Crippen molar-refractivity contribution in [2.75, 3.05) is 20.2 Å². The Morgan fingerprint density at radius 3 is 2.48 bits per heavy atom. The zero-order valence-corrected chi connectivity index (χ0v) is 18.4. The smallest absolute Gasteiger partial charge is 0.420 e. The number of pyridine rings is 1. The summed E-state index contributed by atoms with van der Waals surface area (Å²) in [5, 5.41) is 7.98. The third kappa shape index (κ3) is 4.43. The Balaban J connectivity index is 1.36.